The molecule has 0 radical (unpaired) electrons. The molecular formula is C14H24N2. The normalized spacial score (nSPS) is 12.5. The van der Waals surface area contributed by atoms with Gasteiger partial charge in [0.2, 0.25) is 0 Å². The van der Waals surface area contributed by atoms with Gasteiger partial charge in [-0.1, -0.05) is 26.0 Å². The summed E-state index contributed by atoms with van der Waals surface area (Å²) in [5.74, 6) is 0.636. The topological polar surface area (TPSA) is 29.3 Å². The van der Waals surface area contributed by atoms with Crippen molar-refractivity contribution in [3.8, 4) is 0 Å². The number of rotatable bonds is 6. The lowest BCUT2D eigenvalue weighted by Gasteiger charge is -2.23. The molecular weight excluding hydrogens is 196 g/mol. The van der Waals surface area contributed by atoms with Crippen molar-refractivity contribution in [1.82, 2.24) is 0 Å². The molecule has 16 heavy (non-hydrogen) atoms. The van der Waals surface area contributed by atoms with Crippen LogP contribution in [0.1, 0.15) is 38.7 Å². The average Bonchev–Trinajstić information content (AvgIpc) is 2.35. The molecule has 0 spiro atoms. The van der Waals surface area contributed by atoms with E-state index in [1.54, 1.807) is 0 Å². The molecule has 1 aromatic carbocycles. The van der Waals surface area contributed by atoms with Crippen molar-refractivity contribution in [2.45, 2.75) is 33.1 Å². The van der Waals surface area contributed by atoms with E-state index in [1.807, 2.05) is 0 Å². The molecule has 90 valence electrons. The van der Waals surface area contributed by atoms with Crippen LogP contribution in [0.3, 0.4) is 0 Å². The molecule has 2 nitrogen and oxygen atoms in total. The summed E-state index contributed by atoms with van der Waals surface area (Å²) >= 11 is 0. The Morgan fingerprint density at radius 3 is 2.62 bits per heavy atom. The predicted octanol–water partition coefficient (Wildman–Crippen LogP) is 2.99. The van der Waals surface area contributed by atoms with Crippen molar-refractivity contribution in [2.75, 3.05) is 24.5 Å². The van der Waals surface area contributed by atoms with Crippen LogP contribution in [-0.2, 0) is 0 Å². The number of nitrogens with two attached hydrogens (primary N) is 1. The van der Waals surface area contributed by atoms with E-state index >= 15 is 0 Å². The minimum absolute atomic E-state index is 0.636. The van der Waals surface area contributed by atoms with Crippen LogP contribution in [0.4, 0.5) is 5.69 Å². The summed E-state index contributed by atoms with van der Waals surface area (Å²) in [6, 6.07) is 8.84. The first-order chi connectivity index (χ1) is 7.72. The number of hydrogen-bond donors (Lipinski definition) is 1. The third-order valence-electron chi connectivity index (χ3n) is 3.20. The Morgan fingerprint density at radius 2 is 2.06 bits per heavy atom. The van der Waals surface area contributed by atoms with Gasteiger partial charge in [-0.25, -0.2) is 0 Å². The van der Waals surface area contributed by atoms with Crippen LogP contribution >= 0.6 is 0 Å². The van der Waals surface area contributed by atoms with Gasteiger partial charge in [0.15, 0.2) is 0 Å². The minimum Gasteiger partial charge on any atom is -0.371 e. The number of nitrogens with zero attached hydrogens (tertiary/aromatic N) is 1. The molecule has 0 aliphatic carbocycles. The van der Waals surface area contributed by atoms with Crippen molar-refractivity contribution in [3.63, 3.8) is 0 Å². The first-order valence-corrected chi connectivity index (χ1v) is 6.27. The molecule has 2 N–H and O–H groups in total. The highest BCUT2D eigenvalue weighted by Gasteiger charge is 2.07. The van der Waals surface area contributed by atoms with Crippen LogP contribution in [0.25, 0.3) is 0 Å². The fourth-order valence-corrected chi connectivity index (χ4v) is 1.89. The third-order valence-corrected chi connectivity index (χ3v) is 3.20. The molecule has 1 rings (SSSR count). The molecule has 0 aromatic heterocycles. The molecule has 0 aliphatic heterocycles. The molecule has 2 heteroatoms. The fraction of sp³-hybridized carbons (Fsp3) is 0.571. The lowest BCUT2D eigenvalue weighted by Crippen LogP contribution is -2.29. The molecule has 0 saturated carbocycles. The first-order valence-electron chi connectivity index (χ1n) is 6.27. The van der Waals surface area contributed by atoms with Crippen LogP contribution in [-0.4, -0.2) is 19.6 Å². The van der Waals surface area contributed by atoms with E-state index in [1.165, 1.54) is 17.7 Å². The van der Waals surface area contributed by atoms with Gasteiger partial charge in [-0.05, 0) is 37.0 Å². The Kier molecular flexibility index (Phi) is 5.33. The maximum atomic E-state index is 5.62. The highest BCUT2D eigenvalue weighted by molar-refractivity contribution is 5.49. The zero-order chi connectivity index (χ0) is 12.0. The van der Waals surface area contributed by atoms with Gasteiger partial charge >= 0.3 is 0 Å². The van der Waals surface area contributed by atoms with Crippen LogP contribution in [0.15, 0.2) is 24.3 Å². The molecule has 0 saturated heterocycles. The summed E-state index contributed by atoms with van der Waals surface area (Å²) in [4.78, 5) is 2.33. The largest absolute Gasteiger partial charge is 0.371 e. The van der Waals surface area contributed by atoms with Crippen LogP contribution in [0, 0.1) is 0 Å². The summed E-state index contributed by atoms with van der Waals surface area (Å²) < 4.78 is 0. The number of hydrogen-bond acceptors (Lipinski definition) is 2. The van der Waals surface area contributed by atoms with E-state index in [0.717, 1.165) is 13.1 Å². The third kappa shape index (κ3) is 3.24. The Bertz CT molecular complexity index is 309. The van der Waals surface area contributed by atoms with E-state index in [4.69, 9.17) is 5.73 Å². The fourth-order valence-electron chi connectivity index (χ4n) is 1.89. The van der Waals surface area contributed by atoms with Crippen LogP contribution in [0.5, 0.6) is 0 Å². The lowest BCUT2D eigenvalue weighted by molar-refractivity contribution is 0.731. The number of likely N-dealkylation sites (N-methyl/N-ethyl adjacent to an activating group) is 1. The average molecular weight is 220 g/mol. The molecule has 0 fully saturated rings. The van der Waals surface area contributed by atoms with Gasteiger partial charge in [0, 0.05) is 25.3 Å². The Labute approximate surface area is 99.5 Å². The van der Waals surface area contributed by atoms with Crippen LogP contribution < -0.4 is 10.6 Å². The summed E-state index contributed by atoms with van der Waals surface area (Å²) in [5, 5.41) is 0. The number of benzene rings is 1. The lowest BCUT2D eigenvalue weighted by atomic mass is 9.98. The van der Waals surface area contributed by atoms with Gasteiger partial charge in [-0.15, -0.1) is 0 Å². The quantitative estimate of drug-likeness (QED) is 0.798. The summed E-state index contributed by atoms with van der Waals surface area (Å²) in [6.07, 6.45) is 1.19. The van der Waals surface area contributed by atoms with Crippen molar-refractivity contribution >= 4 is 5.69 Å². The van der Waals surface area contributed by atoms with E-state index < -0.39 is 0 Å². The van der Waals surface area contributed by atoms with Crippen molar-refractivity contribution < 1.29 is 0 Å². The van der Waals surface area contributed by atoms with Crippen molar-refractivity contribution in [2.24, 2.45) is 5.73 Å². The molecule has 1 unspecified atom stereocenters. The van der Waals surface area contributed by atoms with Crippen LogP contribution in [0.2, 0.25) is 0 Å². The molecule has 1 atom stereocenters. The van der Waals surface area contributed by atoms with Gasteiger partial charge in [0.05, 0.1) is 0 Å². The van der Waals surface area contributed by atoms with Gasteiger partial charge in [0.1, 0.15) is 0 Å². The SMILES string of the molecule is CCC(C)c1cccc(N(CC)CCN)c1. The second-order valence-electron chi connectivity index (χ2n) is 4.27. The molecule has 1 aromatic rings. The minimum atomic E-state index is 0.636. The molecule has 0 bridgehead atoms. The van der Waals surface area contributed by atoms with E-state index in [9.17, 15) is 0 Å². The van der Waals surface area contributed by atoms with Crippen molar-refractivity contribution in [1.29, 1.82) is 0 Å². The monoisotopic (exact) mass is 220 g/mol. The van der Waals surface area contributed by atoms with Gasteiger partial charge in [0.25, 0.3) is 0 Å². The highest BCUT2D eigenvalue weighted by Crippen LogP contribution is 2.23. The Balaban J connectivity index is 2.87. The Hall–Kier alpha value is -1.02. The van der Waals surface area contributed by atoms with E-state index in [2.05, 4.69) is 49.9 Å². The first kappa shape index (κ1) is 13.0. The smallest absolute Gasteiger partial charge is 0.0369 e. The van der Waals surface area contributed by atoms with Gasteiger partial charge < -0.3 is 10.6 Å². The predicted molar refractivity (Wildman–Crippen MR) is 72.1 cm³/mol. The van der Waals surface area contributed by atoms with Gasteiger partial charge in [-0.3, -0.25) is 0 Å². The maximum absolute atomic E-state index is 5.62. The Morgan fingerprint density at radius 1 is 1.31 bits per heavy atom. The van der Waals surface area contributed by atoms with Gasteiger partial charge in [-0.2, -0.15) is 0 Å². The zero-order valence-electron chi connectivity index (χ0n) is 10.7. The summed E-state index contributed by atoms with van der Waals surface area (Å²) in [6.45, 7) is 9.34. The highest BCUT2D eigenvalue weighted by atomic mass is 15.1. The second kappa shape index (κ2) is 6.54. The maximum Gasteiger partial charge on any atom is 0.0369 e. The molecule has 0 heterocycles. The van der Waals surface area contributed by atoms with E-state index in [-0.39, 0.29) is 0 Å². The van der Waals surface area contributed by atoms with Crippen molar-refractivity contribution in [3.05, 3.63) is 29.8 Å². The molecule has 0 amide bonds. The summed E-state index contributed by atoms with van der Waals surface area (Å²) in [5.41, 5.74) is 8.35. The zero-order valence-corrected chi connectivity index (χ0v) is 10.7. The molecule has 0 aliphatic rings. The van der Waals surface area contributed by atoms with E-state index in [0.29, 0.717) is 12.5 Å². The standard InChI is InChI=1S/C14H24N2/c1-4-12(3)13-7-6-8-14(11-13)16(5-2)10-9-15/h6-8,11-12H,4-5,9-10,15H2,1-3H3. The second-order valence-corrected chi connectivity index (χ2v) is 4.27. The summed E-state index contributed by atoms with van der Waals surface area (Å²) in [7, 11) is 0. The number of anilines is 1.